The van der Waals surface area contributed by atoms with Gasteiger partial charge in [0.15, 0.2) is 11.5 Å². The first-order valence-electron chi connectivity index (χ1n) is 9.68. The van der Waals surface area contributed by atoms with Crippen molar-refractivity contribution in [2.75, 3.05) is 32.6 Å². The first-order chi connectivity index (χ1) is 13.8. The molecule has 0 aliphatic heterocycles. The number of ether oxygens (including phenoxy) is 2. The third-order valence-corrected chi connectivity index (χ3v) is 5.05. The molecule has 2 aromatic carbocycles. The zero-order valence-electron chi connectivity index (χ0n) is 17.9. The molecule has 0 heterocycles. The van der Waals surface area contributed by atoms with Crippen LogP contribution in [0.2, 0.25) is 0 Å². The van der Waals surface area contributed by atoms with Crippen molar-refractivity contribution in [2.24, 2.45) is 0 Å². The number of amides is 2. The molecule has 0 saturated heterocycles. The van der Waals surface area contributed by atoms with Gasteiger partial charge < -0.3 is 19.7 Å². The van der Waals surface area contributed by atoms with E-state index in [-0.39, 0.29) is 18.2 Å². The summed E-state index contributed by atoms with van der Waals surface area (Å²) in [5, 5.41) is 2.94. The van der Waals surface area contributed by atoms with E-state index in [1.54, 1.807) is 19.1 Å². The van der Waals surface area contributed by atoms with E-state index in [2.05, 4.69) is 5.32 Å². The van der Waals surface area contributed by atoms with Crippen LogP contribution in [0.25, 0.3) is 0 Å². The molecule has 6 nitrogen and oxygen atoms in total. The standard InChI is InChI=1S/C23H30N2O4/c1-16-7-6-8-20(17(16)2)24-23(27)12-14-25(18(3)26)13-11-19-9-10-21(28-4)22(15-19)29-5/h6-10,15H,11-14H2,1-5H3,(H,24,27). The largest absolute Gasteiger partial charge is 0.493 e. The number of benzene rings is 2. The van der Waals surface area contributed by atoms with Crippen LogP contribution in [0.5, 0.6) is 11.5 Å². The van der Waals surface area contributed by atoms with Crippen molar-refractivity contribution in [1.29, 1.82) is 0 Å². The summed E-state index contributed by atoms with van der Waals surface area (Å²) < 4.78 is 10.6. The average Bonchev–Trinajstić information content (AvgIpc) is 2.70. The normalized spacial score (nSPS) is 10.4. The summed E-state index contributed by atoms with van der Waals surface area (Å²) in [6.07, 6.45) is 0.914. The van der Waals surface area contributed by atoms with Gasteiger partial charge in [0.05, 0.1) is 14.2 Å². The number of hydrogen-bond donors (Lipinski definition) is 1. The molecule has 0 radical (unpaired) electrons. The number of anilines is 1. The number of carbonyl (C=O) groups excluding carboxylic acids is 2. The van der Waals surface area contributed by atoms with E-state index in [0.29, 0.717) is 31.0 Å². The Bertz CT molecular complexity index is 864. The molecule has 2 aromatic rings. The highest BCUT2D eigenvalue weighted by atomic mass is 16.5. The Morgan fingerprint density at radius 3 is 2.38 bits per heavy atom. The van der Waals surface area contributed by atoms with Gasteiger partial charge in [0.1, 0.15) is 0 Å². The maximum atomic E-state index is 12.4. The van der Waals surface area contributed by atoms with Gasteiger partial charge in [-0.25, -0.2) is 0 Å². The number of nitrogens with zero attached hydrogens (tertiary/aromatic N) is 1. The Labute approximate surface area is 172 Å². The molecule has 0 atom stereocenters. The molecule has 0 aliphatic carbocycles. The maximum Gasteiger partial charge on any atom is 0.226 e. The van der Waals surface area contributed by atoms with E-state index in [4.69, 9.17) is 9.47 Å². The lowest BCUT2D eigenvalue weighted by Gasteiger charge is -2.21. The molecule has 6 heteroatoms. The van der Waals surface area contributed by atoms with Crippen LogP contribution in [-0.2, 0) is 16.0 Å². The Hall–Kier alpha value is -3.02. The van der Waals surface area contributed by atoms with E-state index < -0.39 is 0 Å². The quantitative estimate of drug-likeness (QED) is 0.699. The van der Waals surface area contributed by atoms with Crippen LogP contribution < -0.4 is 14.8 Å². The Morgan fingerprint density at radius 1 is 1.00 bits per heavy atom. The molecule has 0 spiro atoms. The van der Waals surface area contributed by atoms with Crippen molar-refractivity contribution in [3.8, 4) is 11.5 Å². The van der Waals surface area contributed by atoms with Crippen LogP contribution in [0.3, 0.4) is 0 Å². The number of aryl methyl sites for hydroxylation is 1. The van der Waals surface area contributed by atoms with E-state index in [1.165, 1.54) is 6.92 Å². The van der Waals surface area contributed by atoms with E-state index >= 15 is 0 Å². The highest BCUT2D eigenvalue weighted by Crippen LogP contribution is 2.27. The lowest BCUT2D eigenvalue weighted by molar-refractivity contribution is -0.129. The minimum atomic E-state index is -0.101. The molecule has 0 bridgehead atoms. The van der Waals surface area contributed by atoms with Gasteiger partial charge in [-0.1, -0.05) is 18.2 Å². The molecule has 156 valence electrons. The van der Waals surface area contributed by atoms with E-state index in [0.717, 1.165) is 22.4 Å². The molecule has 29 heavy (non-hydrogen) atoms. The summed E-state index contributed by atoms with van der Waals surface area (Å²) in [5.41, 5.74) is 4.03. The first-order valence-corrected chi connectivity index (χ1v) is 9.68. The number of nitrogens with one attached hydrogen (secondary N) is 1. The Morgan fingerprint density at radius 2 is 1.72 bits per heavy atom. The van der Waals surface area contributed by atoms with Gasteiger partial charge in [0.2, 0.25) is 11.8 Å². The van der Waals surface area contributed by atoms with Gasteiger partial charge in [0, 0.05) is 32.1 Å². The second kappa shape index (κ2) is 10.5. The minimum absolute atomic E-state index is 0.0509. The lowest BCUT2D eigenvalue weighted by atomic mass is 10.1. The van der Waals surface area contributed by atoms with Crippen molar-refractivity contribution in [2.45, 2.75) is 33.6 Å². The van der Waals surface area contributed by atoms with E-state index in [1.807, 2.05) is 50.2 Å². The van der Waals surface area contributed by atoms with Crippen LogP contribution in [0.1, 0.15) is 30.0 Å². The molecule has 2 rings (SSSR count). The lowest BCUT2D eigenvalue weighted by Crippen LogP contribution is -2.33. The molecule has 0 aliphatic rings. The van der Waals surface area contributed by atoms with Gasteiger partial charge in [-0.05, 0) is 55.2 Å². The molecule has 2 amide bonds. The number of methoxy groups -OCH3 is 2. The molecule has 0 saturated carbocycles. The van der Waals surface area contributed by atoms with Gasteiger partial charge in [-0.3, -0.25) is 9.59 Å². The van der Waals surface area contributed by atoms with Crippen molar-refractivity contribution in [1.82, 2.24) is 4.90 Å². The summed E-state index contributed by atoms with van der Waals surface area (Å²) in [6, 6.07) is 11.5. The SMILES string of the molecule is COc1ccc(CCN(CCC(=O)Nc2cccc(C)c2C)C(C)=O)cc1OC. The number of hydrogen-bond acceptors (Lipinski definition) is 4. The maximum absolute atomic E-state index is 12.4. The average molecular weight is 399 g/mol. The highest BCUT2D eigenvalue weighted by Gasteiger charge is 2.13. The molecule has 0 unspecified atom stereocenters. The number of carbonyl (C=O) groups is 2. The third kappa shape index (κ3) is 6.24. The topological polar surface area (TPSA) is 67.9 Å². The Kier molecular flexibility index (Phi) is 8.07. The zero-order valence-corrected chi connectivity index (χ0v) is 17.9. The van der Waals surface area contributed by atoms with Crippen LogP contribution >= 0.6 is 0 Å². The summed E-state index contributed by atoms with van der Waals surface area (Å²) >= 11 is 0. The predicted molar refractivity (Wildman–Crippen MR) is 115 cm³/mol. The van der Waals surface area contributed by atoms with Crippen LogP contribution in [0, 0.1) is 13.8 Å². The van der Waals surface area contributed by atoms with Crippen molar-refractivity contribution >= 4 is 17.5 Å². The third-order valence-electron chi connectivity index (χ3n) is 5.05. The van der Waals surface area contributed by atoms with Gasteiger partial charge in [-0.15, -0.1) is 0 Å². The smallest absolute Gasteiger partial charge is 0.226 e. The van der Waals surface area contributed by atoms with Crippen LogP contribution in [-0.4, -0.2) is 44.0 Å². The summed E-state index contributed by atoms with van der Waals surface area (Å²) in [6.45, 7) is 6.42. The van der Waals surface area contributed by atoms with Crippen molar-refractivity contribution in [3.05, 3.63) is 53.1 Å². The molecule has 0 aromatic heterocycles. The van der Waals surface area contributed by atoms with Crippen molar-refractivity contribution in [3.63, 3.8) is 0 Å². The van der Waals surface area contributed by atoms with Crippen LogP contribution in [0.15, 0.2) is 36.4 Å². The zero-order chi connectivity index (χ0) is 21.4. The molecular formula is C23H30N2O4. The van der Waals surface area contributed by atoms with Gasteiger partial charge in [-0.2, -0.15) is 0 Å². The molecule has 0 fully saturated rings. The fraction of sp³-hybridized carbons (Fsp3) is 0.391. The second-order valence-electron chi connectivity index (χ2n) is 6.99. The monoisotopic (exact) mass is 398 g/mol. The molecule has 1 N–H and O–H groups in total. The summed E-state index contributed by atoms with van der Waals surface area (Å²) in [7, 11) is 3.19. The summed E-state index contributed by atoms with van der Waals surface area (Å²) in [4.78, 5) is 26.1. The Balaban J connectivity index is 1.92. The van der Waals surface area contributed by atoms with E-state index in [9.17, 15) is 9.59 Å². The fourth-order valence-corrected chi connectivity index (χ4v) is 3.06. The first kappa shape index (κ1) is 22.3. The van der Waals surface area contributed by atoms with Gasteiger partial charge in [0.25, 0.3) is 0 Å². The number of rotatable bonds is 9. The summed E-state index contributed by atoms with van der Waals surface area (Å²) in [5.74, 6) is 1.18. The second-order valence-corrected chi connectivity index (χ2v) is 6.99. The highest BCUT2D eigenvalue weighted by molar-refractivity contribution is 5.92. The van der Waals surface area contributed by atoms with Gasteiger partial charge >= 0.3 is 0 Å². The van der Waals surface area contributed by atoms with Crippen molar-refractivity contribution < 1.29 is 19.1 Å². The fourth-order valence-electron chi connectivity index (χ4n) is 3.06. The minimum Gasteiger partial charge on any atom is -0.493 e. The predicted octanol–water partition coefficient (Wildman–Crippen LogP) is 3.74. The van der Waals surface area contributed by atoms with Crippen LogP contribution in [0.4, 0.5) is 5.69 Å². The molecular weight excluding hydrogens is 368 g/mol.